The van der Waals surface area contributed by atoms with Crippen molar-refractivity contribution in [1.29, 1.82) is 0 Å². The number of nitrogens with one attached hydrogen (secondary N) is 2. The van der Waals surface area contributed by atoms with Crippen molar-refractivity contribution in [3.05, 3.63) is 59.2 Å². The standard InChI is InChI=1S/C20H15N5OS2/c1-27-20-23-19(24-25-20)22-18(26)12-6-13-9-21-10-15(13)14(7-12)17-8-11-4-2-3-5-16(11)28-17/h2-9H,10H2,1H3,(H2,22,23,24,25,26). The summed E-state index contributed by atoms with van der Waals surface area (Å²) in [7, 11) is 0. The van der Waals surface area contributed by atoms with Crippen molar-refractivity contribution < 1.29 is 4.79 Å². The Morgan fingerprint density at radius 3 is 2.96 bits per heavy atom. The SMILES string of the molecule is CSc1n[nH]c(NC(=O)c2cc3c(c(-c4cc5ccccc5s4)c2)CN=C3)n1. The zero-order chi connectivity index (χ0) is 19.1. The third-order valence-corrected chi connectivity index (χ3v) is 6.29. The van der Waals surface area contributed by atoms with Crippen LogP contribution in [0.1, 0.15) is 21.5 Å². The van der Waals surface area contributed by atoms with E-state index < -0.39 is 0 Å². The minimum absolute atomic E-state index is 0.228. The predicted octanol–water partition coefficient (Wildman–Crippen LogP) is 4.59. The number of aromatic amines is 1. The lowest BCUT2D eigenvalue weighted by atomic mass is 9.97. The Labute approximate surface area is 169 Å². The monoisotopic (exact) mass is 405 g/mol. The minimum atomic E-state index is -0.228. The van der Waals surface area contributed by atoms with Crippen LogP contribution in [0.25, 0.3) is 20.5 Å². The zero-order valence-corrected chi connectivity index (χ0v) is 16.5. The molecule has 5 rings (SSSR count). The van der Waals surface area contributed by atoms with Crippen LogP contribution >= 0.6 is 23.1 Å². The molecule has 0 unspecified atom stereocenters. The summed E-state index contributed by atoms with van der Waals surface area (Å²) in [6, 6.07) is 14.3. The number of carbonyl (C=O) groups excluding carboxylic acids is 1. The van der Waals surface area contributed by atoms with E-state index in [9.17, 15) is 4.79 Å². The van der Waals surface area contributed by atoms with Gasteiger partial charge in [0, 0.05) is 21.4 Å². The summed E-state index contributed by atoms with van der Waals surface area (Å²) in [4.78, 5) is 22.6. The van der Waals surface area contributed by atoms with Crippen LogP contribution in [0.3, 0.4) is 0 Å². The van der Waals surface area contributed by atoms with E-state index in [2.05, 4.69) is 43.7 Å². The molecule has 138 valence electrons. The first kappa shape index (κ1) is 17.2. The van der Waals surface area contributed by atoms with E-state index in [4.69, 9.17) is 0 Å². The van der Waals surface area contributed by atoms with Gasteiger partial charge in [-0.25, -0.2) is 5.10 Å². The maximum Gasteiger partial charge on any atom is 0.258 e. The molecule has 0 aliphatic carbocycles. The Hall–Kier alpha value is -2.97. The van der Waals surface area contributed by atoms with Gasteiger partial charge in [-0.1, -0.05) is 30.0 Å². The Morgan fingerprint density at radius 2 is 2.14 bits per heavy atom. The van der Waals surface area contributed by atoms with Gasteiger partial charge in [0.15, 0.2) is 0 Å². The number of anilines is 1. The van der Waals surface area contributed by atoms with E-state index >= 15 is 0 Å². The van der Waals surface area contributed by atoms with Crippen LogP contribution in [0, 0.1) is 0 Å². The molecule has 8 heteroatoms. The number of hydrogen-bond donors (Lipinski definition) is 2. The molecule has 2 N–H and O–H groups in total. The molecule has 6 nitrogen and oxygen atoms in total. The van der Waals surface area contributed by atoms with Gasteiger partial charge < -0.3 is 0 Å². The first-order valence-electron chi connectivity index (χ1n) is 8.65. The van der Waals surface area contributed by atoms with Crippen molar-refractivity contribution in [2.75, 3.05) is 11.6 Å². The van der Waals surface area contributed by atoms with Crippen LogP contribution in [0.4, 0.5) is 5.95 Å². The Balaban J connectivity index is 1.55. The van der Waals surface area contributed by atoms with Crippen molar-refractivity contribution >= 4 is 51.3 Å². The van der Waals surface area contributed by atoms with Crippen molar-refractivity contribution in [1.82, 2.24) is 15.2 Å². The largest absolute Gasteiger partial charge is 0.291 e. The maximum atomic E-state index is 12.8. The Kier molecular flexibility index (Phi) is 4.22. The van der Waals surface area contributed by atoms with Crippen molar-refractivity contribution in [3.8, 4) is 10.4 Å². The molecular weight excluding hydrogens is 390 g/mol. The predicted molar refractivity (Wildman–Crippen MR) is 115 cm³/mol. The van der Waals surface area contributed by atoms with Crippen LogP contribution < -0.4 is 5.32 Å². The third-order valence-electron chi connectivity index (χ3n) is 4.60. The molecule has 3 heterocycles. The number of hydrogen-bond acceptors (Lipinski definition) is 6. The summed E-state index contributed by atoms with van der Waals surface area (Å²) >= 11 is 3.14. The highest BCUT2D eigenvalue weighted by Gasteiger charge is 2.19. The number of thioether (sulfide) groups is 1. The molecule has 0 bridgehead atoms. The van der Waals surface area contributed by atoms with Gasteiger partial charge in [0.1, 0.15) is 0 Å². The van der Waals surface area contributed by atoms with Gasteiger partial charge in [0.25, 0.3) is 5.91 Å². The molecule has 0 fully saturated rings. The number of aromatic nitrogens is 3. The fourth-order valence-electron chi connectivity index (χ4n) is 3.26. The number of H-pyrrole nitrogens is 1. The Morgan fingerprint density at radius 1 is 1.25 bits per heavy atom. The van der Waals surface area contributed by atoms with Crippen molar-refractivity contribution in [2.45, 2.75) is 11.7 Å². The van der Waals surface area contributed by atoms with Gasteiger partial charge in [0.2, 0.25) is 11.1 Å². The maximum absolute atomic E-state index is 12.8. The average Bonchev–Trinajstić information content (AvgIpc) is 3.45. The lowest BCUT2D eigenvalue weighted by Gasteiger charge is -2.09. The molecule has 2 aromatic carbocycles. The van der Waals surface area contributed by atoms with Crippen LogP contribution in [0.15, 0.2) is 52.6 Å². The Bertz CT molecular complexity index is 1210. The van der Waals surface area contributed by atoms with Crippen LogP contribution in [-0.4, -0.2) is 33.6 Å². The van der Waals surface area contributed by atoms with E-state index in [-0.39, 0.29) is 5.91 Å². The van der Waals surface area contributed by atoms with Gasteiger partial charge in [0.05, 0.1) is 6.54 Å². The summed E-state index contributed by atoms with van der Waals surface area (Å²) in [5.74, 6) is 0.112. The van der Waals surface area contributed by atoms with Crippen LogP contribution in [-0.2, 0) is 6.54 Å². The quantitative estimate of drug-likeness (QED) is 0.486. The normalized spacial score (nSPS) is 12.5. The highest BCUT2D eigenvalue weighted by molar-refractivity contribution is 7.98. The van der Waals surface area contributed by atoms with E-state index in [0.717, 1.165) is 21.6 Å². The highest BCUT2D eigenvalue weighted by atomic mass is 32.2. The molecule has 0 saturated heterocycles. The molecule has 0 atom stereocenters. The lowest BCUT2D eigenvalue weighted by Crippen LogP contribution is -2.14. The molecule has 2 aromatic heterocycles. The minimum Gasteiger partial charge on any atom is -0.291 e. The second-order valence-electron chi connectivity index (χ2n) is 6.33. The molecule has 28 heavy (non-hydrogen) atoms. The number of rotatable bonds is 4. The van der Waals surface area contributed by atoms with E-state index in [1.165, 1.54) is 21.8 Å². The number of carbonyl (C=O) groups is 1. The summed E-state index contributed by atoms with van der Waals surface area (Å²) in [5.41, 5.74) is 3.78. The highest BCUT2D eigenvalue weighted by Crippen LogP contribution is 2.38. The molecule has 0 spiro atoms. The number of amides is 1. The van der Waals surface area contributed by atoms with Gasteiger partial charge in [-0.05, 0) is 52.6 Å². The number of nitrogens with zero attached hydrogens (tertiary/aromatic N) is 3. The smallest absolute Gasteiger partial charge is 0.258 e. The number of aliphatic imine (C=N–C) groups is 1. The van der Waals surface area contributed by atoms with E-state index in [1.807, 2.05) is 36.7 Å². The molecule has 1 aliphatic rings. The van der Waals surface area contributed by atoms with Gasteiger partial charge in [-0.2, -0.15) is 4.98 Å². The van der Waals surface area contributed by atoms with Crippen LogP contribution in [0.2, 0.25) is 0 Å². The van der Waals surface area contributed by atoms with Gasteiger partial charge >= 0.3 is 0 Å². The van der Waals surface area contributed by atoms with Crippen LogP contribution in [0.5, 0.6) is 0 Å². The molecule has 0 radical (unpaired) electrons. The summed E-state index contributed by atoms with van der Waals surface area (Å²) in [6.45, 7) is 0.639. The molecular formula is C20H15N5OS2. The second kappa shape index (κ2) is 6.88. The van der Waals surface area contributed by atoms with Crippen molar-refractivity contribution in [3.63, 3.8) is 0 Å². The summed E-state index contributed by atoms with van der Waals surface area (Å²) < 4.78 is 1.23. The first-order valence-corrected chi connectivity index (χ1v) is 10.7. The summed E-state index contributed by atoms with van der Waals surface area (Å²) in [6.07, 6.45) is 3.72. The molecule has 1 aliphatic heterocycles. The average molecular weight is 406 g/mol. The number of benzene rings is 2. The zero-order valence-electron chi connectivity index (χ0n) is 14.9. The number of fused-ring (bicyclic) bond motifs is 2. The summed E-state index contributed by atoms with van der Waals surface area (Å²) in [5, 5.41) is 11.3. The topological polar surface area (TPSA) is 83.0 Å². The van der Waals surface area contributed by atoms with Gasteiger partial charge in [-0.15, -0.1) is 16.4 Å². The molecule has 1 amide bonds. The number of thiophene rings is 1. The van der Waals surface area contributed by atoms with Gasteiger partial charge in [-0.3, -0.25) is 15.1 Å². The fourth-order valence-corrected chi connectivity index (χ4v) is 4.69. The fraction of sp³-hybridized carbons (Fsp3) is 0.100. The van der Waals surface area contributed by atoms with E-state index in [1.54, 1.807) is 11.3 Å². The molecule has 0 saturated carbocycles. The molecule has 4 aromatic rings. The second-order valence-corrected chi connectivity index (χ2v) is 8.19. The lowest BCUT2D eigenvalue weighted by molar-refractivity contribution is 0.102. The van der Waals surface area contributed by atoms with E-state index in [0.29, 0.717) is 23.2 Å². The third kappa shape index (κ3) is 3.00. The first-order chi connectivity index (χ1) is 13.7. The van der Waals surface area contributed by atoms with Crippen molar-refractivity contribution in [2.24, 2.45) is 4.99 Å².